The first kappa shape index (κ1) is 16.0. The third kappa shape index (κ3) is 3.26. The molecule has 1 unspecified atom stereocenters. The zero-order chi connectivity index (χ0) is 15.4. The maximum Gasteiger partial charge on any atom is 0.138 e. The van der Waals surface area contributed by atoms with Gasteiger partial charge in [0.1, 0.15) is 11.5 Å². The smallest absolute Gasteiger partial charge is 0.138 e. The molecule has 0 aliphatic rings. The van der Waals surface area contributed by atoms with Gasteiger partial charge in [0.2, 0.25) is 0 Å². The first-order valence-electron chi connectivity index (χ1n) is 6.45. The Kier molecular flexibility index (Phi) is 5.34. The molecule has 21 heavy (non-hydrogen) atoms. The van der Waals surface area contributed by atoms with Crippen molar-refractivity contribution in [2.24, 2.45) is 0 Å². The molecule has 1 N–H and O–H groups in total. The molecule has 2 aromatic rings. The van der Waals surface area contributed by atoms with Crippen molar-refractivity contribution in [1.29, 1.82) is 0 Å². The zero-order valence-corrected chi connectivity index (χ0v) is 13.6. The van der Waals surface area contributed by atoms with E-state index < -0.39 is 0 Å². The fourth-order valence-electron chi connectivity index (χ4n) is 2.31. The second-order valence-corrected chi connectivity index (χ2v) is 5.29. The van der Waals surface area contributed by atoms with Crippen LogP contribution in [0.1, 0.15) is 17.2 Å². The van der Waals surface area contributed by atoms with Gasteiger partial charge in [0.05, 0.1) is 25.3 Å². The van der Waals surface area contributed by atoms with Crippen LogP contribution in [0, 0.1) is 0 Å². The lowest BCUT2D eigenvalue weighted by Crippen LogP contribution is -2.19. The van der Waals surface area contributed by atoms with E-state index in [4.69, 9.17) is 32.7 Å². The number of halogens is 2. The summed E-state index contributed by atoms with van der Waals surface area (Å²) in [5, 5.41) is 4.36. The SMILES string of the molecule is CNC(c1cc(Cl)c(OC)cc1Cl)c1ccccc1OC. The molecule has 0 amide bonds. The quantitative estimate of drug-likeness (QED) is 0.888. The highest BCUT2D eigenvalue weighted by Crippen LogP contribution is 2.38. The van der Waals surface area contributed by atoms with Gasteiger partial charge in [-0.15, -0.1) is 0 Å². The Morgan fingerprint density at radius 3 is 2.19 bits per heavy atom. The fourth-order valence-corrected chi connectivity index (χ4v) is 2.82. The van der Waals surface area contributed by atoms with Gasteiger partial charge in [-0.1, -0.05) is 41.4 Å². The van der Waals surface area contributed by atoms with E-state index in [1.165, 1.54) is 0 Å². The standard InChI is InChI=1S/C16H17Cl2NO2/c1-19-16(10-6-4-5-7-14(10)20-2)11-8-13(18)15(21-3)9-12(11)17/h4-9,16,19H,1-3H3. The van der Waals surface area contributed by atoms with E-state index in [2.05, 4.69) is 5.32 Å². The summed E-state index contributed by atoms with van der Waals surface area (Å²) in [6.45, 7) is 0. The number of benzene rings is 2. The molecule has 0 bridgehead atoms. The average Bonchev–Trinajstić information content (AvgIpc) is 2.51. The van der Waals surface area contributed by atoms with Gasteiger partial charge in [-0.3, -0.25) is 0 Å². The van der Waals surface area contributed by atoms with E-state index in [0.717, 1.165) is 16.9 Å². The van der Waals surface area contributed by atoms with Crippen molar-refractivity contribution in [3.8, 4) is 11.5 Å². The van der Waals surface area contributed by atoms with Crippen molar-refractivity contribution in [2.45, 2.75) is 6.04 Å². The molecule has 0 saturated heterocycles. The molecule has 1 atom stereocenters. The average molecular weight is 326 g/mol. The number of hydrogen-bond acceptors (Lipinski definition) is 3. The Morgan fingerprint density at radius 2 is 1.57 bits per heavy atom. The Morgan fingerprint density at radius 1 is 0.905 bits per heavy atom. The predicted molar refractivity (Wildman–Crippen MR) is 86.9 cm³/mol. The summed E-state index contributed by atoms with van der Waals surface area (Å²) >= 11 is 12.6. The third-order valence-electron chi connectivity index (χ3n) is 3.32. The lowest BCUT2D eigenvalue weighted by molar-refractivity contribution is 0.405. The van der Waals surface area contributed by atoms with E-state index in [1.807, 2.05) is 37.4 Å². The second kappa shape index (κ2) is 7.03. The Labute approximate surface area is 134 Å². The van der Waals surface area contributed by atoms with Crippen molar-refractivity contribution >= 4 is 23.2 Å². The van der Waals surface area contributed by atoms with Gasteiger partial charge in [0.15, 0.2) is 0 Å². The number of methoxy groups -OCH3 is 2. The van der Waals surface area contributed by atoms with Crippen molar-refractivity contribution in [3.63, 3.8) is 0 Å². The molecule has 3 nitrogen and oxygen atoms in total. The molecule has 0 aliphatic heterocycles. The maximum absolute atomic E-state index is 6.38. The van der Waals surface area contributed by atoms with Crippen LogP contribution in [0.25, 0.3) is 0 Å². The van der Waals surface area contributed by atoms with Gasteiger partial charge >= 0.3 is 0 Å². The van der Waals surface area contributed by atoms with Crippen LogP contribution in [-0.4, -0.2) is 21.3 Å². The van der Waals surface area contributed by atoms with Crippen LogP contribution >= 0.6 is 23.2 Å². The summed E-state index contributed by atoms with van der Waals surface area (Å²) in [5.74, 6) is 1.35. The molecule has 0 radical (unpaired) electrons. The van der Waals surface area contributed by atoms with E-state index in [0.29, 0.717) is 15.8 Å². The van der Waals surface area contributed by atoms with E-state index in [9.17, 15) is 0 Å². The van der Waals surface area contributed by atoms with Gasteiger partial charge in [-0.25, -0.2) is 0 Å². The zero-order valence-electron chi connectivity index (χ0n) is 12.1. The summed E-state index contributed by atoms with van der Waals surface area (Å²) in [7, 11) is 5.08. The number of ether oxygens (including phenoxy) is 2. The minimum Gasteiger partial charge on any atom is -0.496 e. The summed E-state index contributed by atoms with van der Waals surface area (Å²) in [4.78, 5) is 0. The van der Waals surface area contributed by atoms with Gasteiger partial charge < -0.3 is 14.8 Å². The van der Waals surface area contributed by atoms with Crippen LogP contribution in [0.5, 0.6) is 11.5 Å². The fraction of sp³-hybridized carbons (Fsp3) is 0.250. The van der Waals surface area contributed by atoms with Crippen molar-refractivity contribution in [1.82, 2.24) is 5.32 Å². The van der Waals surface area contributed by atoms with Gasteiger partial charge in [-0.05, 0) is 24.7 Å². The number of nitrogens with one attached hydrogen (secondary N) is 1. The molecular weight excluding hydrogens is 309 g/mol. The lowest BCUT2D eigenvalue weighted by atomic mass is 9.97. The van der Waals surface area contributed by atoms with Crippen LogP contribution < -0.4 is 14.8 Å². The van der Waals surface area contributed by atoms with E-state index in [-0.39, 0.29) is 6.04 Å². The molecule has 0 heterocycles. The number of rotatable bonds is 5. The predicted octanol–water partition coefficient (Wildman–Crippen LogP) is 4.32. The van der Waals surface area contributed by atoms with Gasteiger partial charge in [0.25, 0.3) is 0 Å². The topological polar surface area (TPSA) is 30.5 Å². The molecular formula is C16H17Cl2NO2. The van der Waals surface area contributed by atoms with Gasteiger partial charge in [-0.2, -0.15) is 0 Å². The molecule has 0 spiro atoms. The first-order valence-corrected chi connectivity index (χ1v) is 7.21. The van der Waals surface area contributed by atoms with Crippen LogP contribution in [0.2, 0.25) is 10.0 Å². The largest absolute Gasteiger partial charge is 0.496 e. The third-order valence-corrected chi connectivity index (χ3v) is 3.94. The molecule has 5 heteroatoms. The summed E-state index contributed by atoms with van der Waals surface area (Å²) in [6, 6.07) is 11.2. The van der Waals surface area contributed by atoms with E-state index in [1.54, 1.807) is 20.3 Å². The lowest BCUT2D eigenvalue weighted by Gasteiger charge is -2.21. The first-order chi connectivity index (χ1) is 10.1. The molecule has 0 fully saturated rings. The van der Waals surface area contributed by atoms with Gasteiger partial charge in [0, 0.05) is 16.7 Å². The normalized spacial score (nSPS) is 12.0. The second-order valence-electron chi connectivity index (χ2n) is 4.47. The van der Waals surface area contributed by atoms with Crippen LogP contribution in [-0.2, 0) is 0 Å². The molecule has 112 valence electrons. The molecule has 0 aliphatic carbocycles. The minimum absolute atomic E-state index is 0.128. The van der Waals surface area contributed by atoms with Crippen LogP contribution in [0.15, 0.2) is 36.4 Å². The molecule has 2 rings (SSSR count). The highest BCUT2D eigenvalue weighted by Gasteiger charge is 2.20. The highest BCUT2D eigenvalue weighted by atomic mass is 35.5. The van der Waals surface area contributed by atoms with Crippen LogP contribution in [0.4, 0.5) is 0 Å². The maximum atomic E-state index is 6.38. The Balaban J connectivity index is 2.54. The summed E-state index contributed by atoms with van der Waals surface area (Å²) < 4.78 is 10.6. The Bertz CT molecular complexity index is 632. The van der Waals surface area contributed by atoms with Crippen molar-refractivity contribution in [2.75, 3.05) is 21.3 Å². The molecule has 2 aromatic carbocycles. The molecule has 0 saturated carbocycles. The van der Waals surface area contributed by atoms with Crippen molar-refractivity contribution < 1.29 is 9.47 Å². The summed E-state index contributed by atoms with van der Waals surface area (Å²) in [5.41, 5.74) is 1.86. The van der Waals surface area contributed by atoms with E-state index >= 15 is 0 Å². The number of para-hydroxylation sites is 1. The summed E-state index contributed by atoms with van der Waals surface area (Å²) in [6.07, 6.45) is 0. The minimum atomic E-state index is -0.128. The van der Waals surface area contributed by atoms with Crippen molar-refractivity contribution in [3.05, 3.63) is 57.6 Å². The monoisotopic (exact) mass is 325 g/mol. The van der Waals surface area contributed by atoms with Crippen LogP contribution in [0.3, 0.4) is 0 Å². The Hall–Kier alpha value is -1.42. The molecule has 0 aromatic heterocycles. The number of hydrogen-bond donors (Lipinski definition) is 1. The highest BCUT2D eigenvalue weighted by molar-refractivity contribution is 6.34.